The van der Waals surface area contributed by atoms with Crippen LogP contribution in [0.4, 0.5) is 0 Å². The average Bonchev–Trinajstić information content (AvgIpc) is 2.58. The van der Waals surface area contributed by atoms with Crippen LogP contribution < -0.4 is 25.3 Å². The smallest absolute Gasteiger partial charge is 0.220 e. The zero-order chi connectivity index (χ0) is 18.3. The monoisotopic (exact) mass is 374 g/mol. The number of benzene rings is 1. The van der Waals surface area contributed by atoms with E-state index < -0.39 is 5.54 Å². The standard InChI is InChI=1S/C18H30N2O4.ClH/c1-12(2)18(3,11-19)20-16(21)8-7-13-9-14(22-4)17(24-6)15(10-13)23-5;/h9-10,12H,7-8,11,19H2,1-6H3,(H,20,21);1H. The summed E-state index contributed by atoms with van der Waals surface area (Å²) in [6.07, 6.45) is 0.933. The molecule has 6 nitrogen and oxygen atoms in total. The second-order valence-corrected chi connectivity index (χ2v) is 6.36. The number of methoxy groups -OCH3 is 3. The van der Waals surface area contributed by atoms with Gasteiger partial charge in [-0.25, -0.2) is 0 Å². The lowest BCUT2D eigenvalue weighted by atomic mass is 9.88. The Morgan fingerprint density at radius 2 is 1.68 bits per heavy atom. The van der Waals surface area contributed by atoms with Crippen LogP contribution in [-0.4, -0.2) is 39.3 Å². The molecule has 1 unspecified atom stereocenters. The van der Waals surface area contributed by atoms with Gasteiger partial charge in [-0.1, -0.05) is 13.8 Å². The van der Waals surface area contributed by atoms with Crippen LogP contribution in [0.3, 0.4) is 0 Å². The van der Waals surface area contributed by atoms with E-state index in [1.807, 2.05) is 32.9 Å². The largest absolute Gasteiger partial charge is 0.493 e. The summed E-state index contributed by atoms with van der Waals surface area (Å²) in [7, 11) is 4.71. The zero-order valence-corrected chi connectivity index (χ0v) is 16.8. The Bertz CT molecular complexity index is 541. The summed E-state index contributed by atoms with van der Waals surface area (Å²) in [4.78, 5) is 12.3. The van der Waals surface area contributed by atoms with Crippen molar-refractivity contribution >= 4 is 18.3 Å². The Morgan fingerprint density at radius 1 is 1.16 bits per heavy atom. The van der Waals surface area contributed by atoms with E-state index >= 15 is 0 Å². The Balaban J connectivity index is 0.00000576. The zero-order valence-electron chi connectivity index (χ0n) is 16.0. The molecule has 3 N–H and O–H groups in total. The maximum absolute atomic E-state index is 12.3. The number of halogens is 1. The fraction of sp³-hybridized carbons (Fsp3) is 0.611. The van der Waals surface area contributed by atoms with Gasteiger partial charge in [0.15, 0.2) is 11.5 Å². The minimum Gasteiger partial charge on any atom is -0.493 e. The highest BCUT2D eigenvalue weighted by atomic mass is 35.5. The first-order valence-electron chi connectivity index (χ1n) is 8.11. The summed E-state index contributed by atoms with van der Waals surface area (Å²) in [5.74, 6) is 1.95. The van der Waals surface area contributed by atoms with Gasteiger partial charge >= 0.3 is 0 Å². The molecule has 7 heteroatoms. The molecule has 0 aliphatic heterocycles. The van der Waals surface area contributed by atoms with E-state index in [0.717, 1.165) is 5.56 Å². The molecule has 1 aromatic rings. The van der Waals surface area contributed by atoms with Crippen molar-refractivity contribution in [2.24, 2.45) is 11.7 Å². The number of rotatable bonds is 9. The van der Waals surface area contributed by atoms with Gasteiger partial charge in [-0.15, -0.1) is 12.4 Å². The fourth-order valence-electron chi connectivity index (χ4n) is 2.35. The minimum absolute atomic E-state index is 0. The molecule has 0 aromatic heterocycles. The van der Waals surface area contributed by atoms with Crippen molar-refractivity contribution in [1.82, 2.24) is 5.32 Å². The van der Waals surface area contributed by atoms with Crippen LogP contribution in [0.1, 0.15) is 32.8 Å². The topological polar surface area (TPSA) is 82.8 Å². The van der Waals surface area contributed by atoms with Crippen molar-refractivity contribution in [3.63, 3.8) is 0 Å². The van der Waals surface area contributed by atoms with Crippen molar-refractivity contribution < 1.29 is 19.0 Å². The first kappa shape index (κ1) is 23.3. The lowest BCUT2D eigenvalue weighted by Crippen LogP contribution is -2.55. The molecule has 0 aliphatic carbocycles. The molecule has 0 bridgehead atoms. The molecule has 0 spiro atoms. The van der Waals surface area contributed by atoms with Crippen molar-refractivity contribution in [3.8, 4) is 17.2 Å². The van der Waals surface area contributed by atoms with Gasteiger partial charge in [0, 0.05) is 13.0 Å². The molecule has 25 heavy (non-hydrogen) atoms. The molecule has 1 aromatic carbocycles. The third-order valence-corrected chi connectivity index (χ3v) is 4.49. The van der Waals surface area contributed by atoms with E-state index in [2.05, 4.69) is 5.32 Å². The van der Waals surface area contributed by atoms with E-state index in [4.69, 9.17) is 19.9 Å². The molecular formula is C18H31ClN2O4. The van der Waals surface area contributed by atoms with E-state index in [1.54, 1.807) is 21.3 Å². The highest BCUT2D eigenvalue weighted by molar-refractivity contribution is 5.85. The molecular weight excluding hydrogens is 344 g/mol. The van der Waals surface area contributed by atoms with Crippen LogP contribution in [0.2, 0.25) is 0 Å². The number of carbonyl (C=O) groups excluding carboxylic acids is 1. The molecule has 0 saturated carbocycles. The van der Waals surface area contributed by atoms with Crippen LogP contribution in [0.5, 0.6) is 17.2 Å². The highest BCUT2D eigenvalue weighted by Gasteiger charge is 2.28. The van der Waals surface area contributed by atoms with E-state index in [1.165, 1.54) is 0 Å². The maximum atomic E-state index is 12.3. The average molecular weight is 375 g/mol. The third kappa shape index (κ3) is 5.97. The van der Waals surface area contributed by atoms with E-state index in [9.17, 15) is 4.79 Å². The number of nitrogens with one attached hydrogen (secondary N) is 1. The van der Waals surface area contributed by atoms with Gasteiger partial charge in [0.05, 0.1) is 26.9 Å². The number of hydrogen-bond donors (Lipinski definition) is 2. The first-order chi connectivity index (χ1) is 11.3. The SMILES string of the molecule is COc1cc(CCC(=O)NC(C)(CN)C(C)C)cc(OC)c1OC.Cl. The van der Waals surface area contributed by atoms with Crippen LogP contribution in [-0.2, 0) is 11.2 Å². The molecule has 144 valence electrons. The van der Waals surface area contributed by atoms with Crippen molar-refractivity contribution in [3.05, 3.63) is 17.7 Å². The predicted molar refractivity (Wildman–Crippen MR) is 102 cm³/mol. The second kappa shape index (κ2) is 10.4. The summed E-state index contributed by atoms with van der Waals surface area (Å²) < 4.78 is 16.0. The third-order valence-electron chi connectivity index (χ3n) is 4.49. The van der Waals surface area contributed by atoms with E-state index in [0.29, 0.717) is 36.6 Å². The highest BCUT2D eigenvalue weighted by Crippen LogP contribution is 2.38. The summed E-state index contributed by atoms with van der Waals surface area (Å²) in [6, 6.07) is 3.72. The summed E-state index contributed by atoms with van der Waals surface area (Å²) in [5.41, 5.74) is 6.36. The fourth-order valence-corrected chi connectivity index (χ4v) is 2.35. The Labute approximate surface area is 156 Å². The minimum atomic E-state index is -0.396. The van der Waals surface area contributed by atoms with Crippen LogP contribution in [0, 0.1) is 5.92 Å². The molecule has 0 saturated heterocycles. The molecule has 0 heterocycles. The molecule has 1 rings (SSSR count). The van der Waals surface area contributed by atoms with Crippen LogP contribution in [0.15, 0.2) is 12.1 Å². The van der Waals surface area contributed by atoms with Crippen molar-refractivity contribution in [2.75, 3.05) is 27.9 Å². The van der Waals surface area contributed by atoms with Crippen LogP contribution in [0.25, 0.3) is 0 Å². The molecule has 0 aliphatic rings. The molecule has 0 radical (unpaired) electrons. The van der Waals surface area contributed by atoms with Crippen LogP contribution >= 0.6 is 12.4 Å². The van der Waals surface area contributed by atoms with Gasteiger partial charge in [-0.05, 0) is 37.0 Å². The lowest BCUT2D eigenvalue weighted by molar-refractivity contribution is -0.123. The summed E-state index contributed by atoms with van der Waals surface area (Å²) in [6.45, 7) is 6.47. The van der Waals surface area contributed by atoms with Gasteiger partial charge in [-0.2, -0.15) is 0 Å². The van der Waals surface area contributed by atoms with Gasteiger partial charge in [0.1, 0.15) is 0 Å². The number of ether oxygens (including phenoxy) is 3. The Kier molecular flexibility index (Phi) is 9.67. The Morgan fingerprint density at radius 3 is 2.04 bits per heavy atom. The summed E-state index contributed by atoms with van der Waals surface area (Å²) in [5, 5.41) is 3.04. The molecule has 1 atom stereocenters. The van der Waals surface area contributed by atoms with Gasteiger partial charge < -0.3 is 25.3 Å². The second-order valence-electron chi connectivity index (χ2n) is 6.36. The van der Waals surface area contributed by atoms with Crippen molar-refractivity contribution in [2.45, 2.75) is 39.2 Å². The van der Waals surface area contributed by atoms with Crippen molar-refractivity contribution in [1.29, 1.82) is 0 Å². The predicted octanol–water partition coefficient (Wildman–Crippen LogP) is 2.56. The van der Waals surface area contributed by atoms with E-state index in [-0.39, 0.29) is 24.2 Å². The summed E-state index contributed by atoms with van der Waals surface area (Å²) >= 11 is 0. The molecule has 1 amide bonds. The maximum Gasteiger partial charge on any atom is 0.220 e. The van der Waals surface area contributed by atoms with Gasteiger partial charge in [-0.3, -0.25) is 4.79 Å². The first-order valence-corrected chi connectivity index (χ1v) is 8.11. The number of nitrogens with two attached hydrogens (primary N) is 1. The number of amides is 1. The normalized spacial score (nSPS) is 12.8. The lowest BCUT2D eigenvalue weighted by Gasteiger charge is -2.33. The molecule has 0 fully saturated rings. The number of carbonyl (C=O) groups is 1. The quantitative estimate of drug-likeness (QED) is 0.694. The van der Waals surface area contributed by atoms with Gasteiger partial charge in [0.2, 0.25) is 11.7 Å². The Hall–Kier alpha value is -1.66. The number of aryl methyl sites for hydroxylation is 1. The van der Waals surface area contributed by atoms with Gasteiger partial charge in [0.25, 0.3) is 0 Å². The number of hydrogen-bond acceptors (Lipinski definition) is 5.